The fraction of sp³-hybridized carbons (Fsp3) is 0.600. The molecule has 6 heteroatoms. The van der Waals surface area contributed by atoms with Crippen molar-refractivity contribution in [2.24, 2.45) is 0 Å². The molecule has 0 fully saturated rings. The fourth-order valence-electron chi connectivity index (χ4n) is 1.48. The van der Waals surface area contributed by atoms with Crippen molar-refractivity contribution in [3.63, 3.8) is 0 Å². The van der Waals surface area contributed by atoms with E-state index in [4.69, 9.17) is 28.8 Å². The first-order valence-electron chi connectivity index (χ1n) is 6.97. The highest BCUT2D eigenvalue weighted by Crippen LogP contribution is 2.17. The van der Waals surface area contributed by atoms with Crippen molar-refractivity contribution >= 4 is 0 Å². The van der Waals surface area contributed by atoms with Crippen LogP contribution in [0.15, 0.2) is 24.3 Å². The zero-order chi connectivity index (χ0) is 15.2. The van der Waals surface area contributed by atoms with Gasteiger partial charge in [0.2, 0.25) is 0 Å². The number of hydrogen-bond donors (Lipinski definition) is 1. The van der Waals surface area contributed by atoms with Gasteiger partial charge in [-0.2, -0.15) is 0 Å². The van der Waals surface area contributed by atoms with Gasteiger partial charge in [-0.05, 0) is 24.3 Å². The summed E-state index contributed by atoms with van der Waals surface area (Å²) in [6, 6.07) is 7.42. The average molecular weight is 300 g/mol. The Kier molecular flexibility index (Phi) is 10.5. The minimum atomic E-state index is 0.0360. The molecule has 21 heavy (non-hydrogen) atoms. The van der Waals surface area contributed by atoms with Crippen LogP contribution in [-0.4, -0.2) is 65.1 Å². The second-order valence-electron chi connectivity index (χ2n) is 4.11. The number of methoxy groups -OCH3 is 1. The number of ether oxygens (including phenoxy) is 5. The molecule has 6 nitrogen and oxygen atoms in total. The molecule has 0 aliphatic carbocycles. The van der Waals surface area contributed by atoms with Crippen LogP contribution in [-0.2, 0) is 14.2 Å². The zero-order valence-electron chi connectivity index (χ0n) is 12.5. The molecular formula is C15H24O6. The minimum Gasteiger partial charge on any atom is -0.491 e. The quantitative estimate of drug-likeness (QED) is 0.551. The highest BCUT2D eigenvalue weighted by atomic mass is 16.5. The Balaban J connectivity index is 2.04. The van der Waals surface area contributed by atoms with E-state index in [1.54, 1.807) is 7.11 Å². The van der Waals surface area contributed by atoms with Crippen molar-refractivity contribution in [3.05, 3.63) is 24.3 Å². The molecule has 0 aliphatic rings. The maximum absolute atomic E-state index is 8.51. The van der Waals surface area contributed by atoms with Crippen molar-refractivity contribution in [2.75, 3.05) is 60.0 Å². The van der Waals surface area contributed by atoms with Gasteiger partial charge in [0.1, 0.15) is 24.7 Å². The topological polar surface area (TPSA) is 66.4 Å². The monoisotopic (exact) mass is 300 g/mol. The number of aliphatic hydroxyl groups is 1. The third-order valence-corrected chi connectivity index (χ3v) is 2.48. The Morgan fingerprint density at radius 1 is 0.714 bits per heavy atom. The molecule has 0 radical (unpaired) electrons. The van der Waals surface area contributed by atoms with Gasteiger partial charge in [-0.1, -0.05) is 0 Å². The molecule has 0 atom stereocenters. The van der Waals surface area contributed by atoms with Crippen LogP contribution in [0.4, 0.5) is 0 Å². The first-order valence-corrected chi connectivity index (χ1v) is 6.97. The normalized spacial score (nSPS) is 10.6. The van der Waals surface area contributed by atoms with E-state index in [-0.39, 0.29) is 6.61 Å². The molecule has 0 spiro atoms. The van der Waals surface area contributed by atoms with Crippen LogP contribution in [0.1, 0.15) is 0 Å². The molecule has 1 aromatic carbocycles. The Bertz CT molecular complexity index is 341. The predicted octanol–water partition coefficient (Wildman–Crippen LogP) is 1.12. The van der Waals surface area contributed by atoms with Crippen LogP contribution in [0.3, 0.4) is 0 Å². The molecule has 0 aliphatic heterocycles. The lowest BCUT2D eigenvalue weighted by Gasteiger charge is -2.09. The second-order valence-corrected chi connectivity index (χ2v) is 4.11. The molecular weight excluding hydrogens is 276 g/mol. The third-order valence-electron chi connectivity index (χ3n) is 2.48. The van der Waals surface area contributed by atoms with Crippen LogP contribution < -0.4 is 9.47 Å². The summed E-state index contributed by atoms with van der Waals surface area (Å²) < 4.78 is 26.3. The summed E-state index contributed by atoms with van der Waals surface area (Å²) in [6.45, 7) is 3.43. The van der Waals surface area contributed by atoms with Crippen molar-refractivity contribution in [1.82, 2.24) is 0 Å². The molecule has 0 amide bonds. The van der Waals surface area contributed by atoms with E-state index in [0.29, 0.717) is 46.2 Å². The lowest BCUT2D eigenvalue weighted by atomic mass is 10.3. The Morgan fingerprint density at radius 2 is 1.19 bits per heavy atom. The Hall–Kier alpha value is -1.34. The zero-order valence-corrected chi connectivity index (χ0v) is 12.5. The number of aliphatic hydroxyl groups excluding tert-OH is 1. The first-order chi connectivity index (χ1) is 10.4. The largest absolute Gasteiger partial charge is 0.491 e. The molecule has 1 N–H and O–H groups in total. The smallest absolute Gasteiger partial charge is 0.119 e. The lowest BCUT2D eigenvalue weighted by Crippen LogP contribution is -2.11. The van der Waals surface area contributed by atoms with E-state index in [0.717, 1.165) is 11.5 Å². The van der Waals surface area contributed by atoms with Gasteiger partial charge in [0.05, 0.1) is 39.6 Å². The molecule has 1 aromatic rings. The van der Waals surface area contributed by atoms with E-state index in [9.17, 15) is 0 Å². The van der Waals surface area contributed by atoms with Gasteiger partial charge in [0, 0.05) is 7.11 Å². The molecule has 0 aromatic heterocycles. The first kappa shape index (κ1) is 17.7. The Morgan fingerprint density at radius 3 is 1.71 bits per heavy atom. The lowest BCUT2D eigenvalue weighted by molar-refractivity contribution is 0.0247. The van der Waals surface area contributed by atoms with Crippen LogP contribution >= 0.6 is 0 Å². The summed E-state index contributed by atoms with van der Waals surface area (Å²) in [5.74, 6) is 1.56. The van der Waals surface area contributed by atoms with Crippen molar-refractivity contribution in [1.29, 1.82) is 0 Å². The van der Waals surface area contributed by atoms with Gasteiger partial charge < -0.3 is 28.8 Å². The Labute approximate surface area is 125 Å². The maximum Gasteiger partial charge on any atom is 0.119 e. The molecule has 0 bridgehead atoms. The number of hydrogen-bond acceptors (Lipinski definition) is 6. The predicted molar refractivity (Wildman–Crippen MR) is 78.0 cm³/mol. The second kappa shape index (κ2) is 12.4. The molecule has 0 heterocycles. The van der Waals surface area contributed by atoms with Gasteiger partial charge in [-0.3, -0.25) is 0 Å². The third kappa shape index (κ3) is 9.25. The standard InChI is InChI=1S/C15H24O6/c1-17-8-12-20-14-2-4-15(5-3-14)21-13-11-19-10-9-18-7-6-16/h2-5,16H,6-13H2,1H3. The summed E-state index contributed by atoms with van der Waals surface area (Å²) in [4.78, 5) is 0. The van der Waals surface area contributed by atoms with Gasteiger partial charge in [0.25, 0.3) is 0 Å². The van der Waals surface area contributed by atoms with Crippen molar-refractivity contribution < 1.29 is 28.8 Å². The summed E-state index contributed by atoms with van der Waals surface area (Å²) >= 11 is 0. The molecule has 0 saturated carbocycles. The van der Waals surface area contributed by atoms with Crippen molar-refractivity contribution in [2.45, 2.75) is 0 Å². The summed E-state index contributed by atoms with van der Waals surface area (Å²) in [7, 11) is 1.64. The van der Waals surface area contributed by atoms with Gasteiger partial charge in [0.15, 0.2) is 0 Å². The van der Waals surface area contributed by atoms with Gasteiger partial charge in [-0.15, -0.1) is 0 Å². The molecule has 1 rings (SSSR count). The van der Waals surface area contributed by atoms with Gasteiger partial charge >= 0.3 is 0 Å². The van der Waals surface area contributed by atoms with E-state index >= 15 is 0 Å². The SMILES string of the molecule is COCCOc1ccc(OCCOCCOCCO)cc1. The van der Waals surface area contributed by atoms with Crippen LogP contribution in [0.2, 0.25) is 0 Å². The minimum absolute atomic E-state index is 0.0360. The molecule has 0 saturated heterocycles. The summed E-state index contributed by atoms with van der Waals surface area (Å²) in [5, 5.41) is 8.51. The highest BCUT2D eigenvalue weighted by molar-refractivity contribution is 5.31. The molecule has 0 unspecified atom stereocenters. The van der Waals surface area contributed by atoms with Crippen LogP contribution in [0.5, 0.6) is 11.5 Å². The van der Waals surface area contributed by atoms with Crippen LogP contribution in [0.25, 0.3) is 0 Å². The van der Waals surface area contributed by atoms with Crippen LogP contribution in [0, 0.1) is 0 Å². The van der Waals surface area contributed by atoms with E-state index in [2.05, 4.69) is 0 Å². The summed E-state index contributed by atoms with van der Waals surface area (Å²) in [6.07, 6.45) is 0. The summed E-state index contributed by atoms with van der Waals surface area (Å²) in [5.41, 5.74) is 0. The van der Waals surface area contributed by atoms with Crippen molar-refractivity contribution in [3.8, 4) is 11.5 Å². The van der Waals surface area contributed by atoms with E-state index < -0.39 is 0 Å². The van der Waals surface area contributed by atoms with Gasteiger partial charge in [-0.25, -0.2) is 0 Å². The number of benzene rings is 1. The maximum atomic E-state index is 8.51. The molecule has 120 valence electrons. The highest BCUT2D eigenvalue weighted by Gasteiger charge is 1.97. The van der Waals surface area contributed by atoms with E-state index in [1.165, 1.54) is 0 Å². The number of rotatable bonds is 13. The average Bonchev–Trinajstić information content (AvgIpc) is 2.52. The van der Waals surface area contributed by atoms with E-state index in [1.807, 2.05) is 24.3 Å². The fourth-order valence-corrected chi connectivity index (χ4v) is 1.48.